The average Bonchev–Trinajstić information content (AvgIpc) is 3.16. The molecule has 0 radical (unpaired) electrons. The number of esters is 1. The largest absolute Gasteiger partial charge is 0.465 e. The molecule has 2 aromatic carbocycles. The summed E-state index contributed by atoms with van der Waals surface area (Å²) in [5, 5.41) is 7.73. The van der Waals surface area contributed by atoms with Gasteiger partial charge in [0.25, 0.3) is 0 Å². The molecule has 6 nitrogen and oxygen atoms in total. The number of nitrogens with one attached hydrogen (secondary N) is 1. The maximum absolute atomic E-state index is 13.7. The van der Waals surface area contributed by atoms with Crippen LogP contribution in [-0.2, 0) is 11.2 Å². The molecule has 32 heavy (non-hydrogen) atoms. The molecule has 1 heterocycles. The first-order valence-electron chi connectivity index (χ1n) is 9.94. The minimum absolute atomic E-state index is 0.151. The lowest BCUT2D eigenvalue weighted by Crippen LogP contribution is -2.43. The first-order chi connectivity index (χ1) is 15.2. The van der Waals surface area contributed by atoms with E-state index in [1.165, 1.54) is 7.11 Å². The number of halogens is 2. The van der Waals surface area contributed by atoms with Crippen molar-refractivity contribution in [2.45, 2.75) is 20.3 Å². The molecule has 1 unspecified atom stereocenters. The maximum atomic E-state index is 13.7. The fourth-order valence-electron chi connectivity index (χ4n) is 4.27. The number of benzene rings is 2. The van der Waals surface area contributed by atoms with Crippen molar-refractivity contribution in [3.8, 4) is 11.3 Å². The number of hydrogen-bond acceptors (Lipinski definition) is 5. The monoisotopic (exact) mass is 470 g/mol. The number of fused-ring (bicyclic) bond motifs is 1. The number of Topliss-reactive ketones (excluding diaryl/α,β-unsaturated/α-hetero) is 2. The molecule has 0 aliphatic heterocycles. The molecule has 1 aliphatic rings. The SMILES string of the molecule is COC(=O)c1ccc(-c2n[nH]c3c2C(=O)C(C(=O)c2c(Cl)cccc2Cl)C(C)(C)C3)cc1. The summed E-state index contributed by atoms with van der Waals surface area (Å²) in [6.45, 7) is 3.74. The van der Waals surface area contributed by atoms with Crippen molar-refractivity contribution >= 4 is 40.7 Å². The summed E-state index contributed by atoms with van der Waals surface area (Å²) in [5.74, 6) is -2.17. The summed E-state index contributed by atoms with van der Waals surface area (Å²) in [5.41, 5.74) is 1.97. The Morgan fingerprint density at radius 2 is 1.72 bits per heavy atom. The van der Waals surface area contributed by atoms with Gasteiger partial charge in [-0.25, -0.2) is 4.79 Å². The molecule has 1 atom stereocenters. The van der Waals surface area contributed by atoms with Gasteiger partial charge in [-0.1, -0.05) is 55.2 Å². The summed E-state index contributed by atoms with van der Waals surface area (Å²) in [4.78, 5) is 39.0. The fourth-order valence-corrected chi connectivity index (χ4v) is 4.85. The standard InChI is InChI=1S/C24H20Cl2N2O4/c1-24(2)11-16-18(20(28-27-16)12-7-9-13(10-8-12)23(31)32-3)22(30)19(24)21(29)17-14(25)5-4-6-15(17)26/h4-10,19H,11H2,1-3H3,(H,27,28). The summed E-state index contributed by atoms with van der Waals surface area (Å²) >= 11 is 12.5. The normalized spacial score (nSPS) is 17.0. The zero-order valence-electron chi connectivity index (χ0n) is 17.7. The lowest BCUT2D eigenvalue weighted by molar-refractivity contribution is 0.0597. The zero-order valence-corrected chi connectivity index (χ0v) is 19.2. The van der Waals surface area contributed by atoms with Gasteiger partial charge in [-0.3, -0.25) is 14.7 Å². The van der Waals surface area contributed by atoms with Gasteiger partial charge in [0.15, 0.2) is 11.6 Å². The van der Waals surface area contributed by atoms with E-state index in [1.54, 1.807) is 42.5 Å². The summed E-state index contributed by atoms with van der Waals surface area (Å²) in [6.07, 6.45) is 0.444. The number of hydrogen-bond donors (Lipinski definition) is 1. The predicted octanol–water partition coefficient (Wildman–Crippen LogP) is 5.43. The molecule has 0 saturated carbocycles. The second-order valence-electron chi connectivity index (χ2n) is 8.42. The molecule has 1 aromatic heterocycles. The fraction of sp³-hybridized carbons (Fsp3) is 0.250. The van der Waals surface area contributed by atoms with Crippen molar-refractivity contribution in [2.24, 2.45) is 11.3 Å². The molecule has 4 rings (SSSR count). The van der Waals surface area contributed by atoms with E-state index in [1.807, 2.05) is 13.8 Å². The molecule has 0 fully saturated rings. The number of methoxy groups -OCH3 is 1. The lowest BCUT2D eigenvalue weighted by Gasteiger charge is -2.36. The predicted molar refractivity (Wildman–Crippen MR) is 121 cm³/mol. The molecule has 0 bridgehead atoms. The number of ether oxygens (including phenoxy) is 1. The highest BCUT2D eigenvalue weighted by molar-refractivity contribution is 6.41. The third kappa shape index (κ3) is 3.63. The van der Waals surface area contributed by atoms with Crippen LogP contribution in [-0.4, -0.2) is 34.8 Å². The Kier molecular flexibility index (Phi) is 5.69. The van der Waals surface area contributed by atoms with Gasteiger partial charge in [0.05, 0.1) is 39.8 Å². The Hall–Kier alpha value is -2.96. The van der Waals surface area contributed by atoms with Crippen LogP contribution in [0.4, 0.5) is 0 Å². The van der Waals surface area contributed by atoms with Crippen LogP contribution in [0.25, 0.3) is 11.3 Å². The van der Waals surface area contributed by atoms with E-state index in [9.17, 15) is 14.4 Å². The van der Waals surface area contributed by atoms with E-state index in [4.69, 9.17) is 27.9 Å². The number of carbonyl (C=O) groups excluding carboxylic acids is 3. The minimum atomic E-state index is -0.974. The average molecular weight is 471 g/mol. The first kappa shape index (κ1) is 22.2. The van der Waals surface area contributed by atoms with Gasteiger partial charge < -0.3 is 4.74 Å². The number of H-pyrrole nitrogens is 1. The van der Waals surface area contributed by atoms with Crippen molar-refractivity contribution in [1.29, 1.82) is 0 Å². The number of carbonyl (C=O) groups is 3. The Bertz CT molecular complexity index is 1230. The number of aromatic nitrogens is 2. The van der Waals surface area contributed by atoms with Crippen LogP contribution in [0.3, 0.4) is 0 Å². The Balaban J connectivity index is 1.78. The smallest absolute Gasteiger partial charge is 0.337 e. The molecular formula is C24H20Cl2N2O4. The van der Waals surface area contributed by atoms with E-state index in [0.717, 1.165) is 0 Å². The molecule has 0 spiro atoms. The maximum Gasteiger partial charge on any atom is 0.337 e. The summed E-state index contributed by atoms with van der Waals surface area (Å²) in [6, 6.07) is 11.4. The van der Waals surface area contributed by atoms with E-state index in [0.29, 0.717) is 34.5 Å². The van der Waals surface area contributed by atoms with Gasteiger partial charge in [-0.2, -0.15) is 5.10 Å². The van der Waals surface area contributed by atoms with Crippen LogP contribution in [0.5, 0.6) is 0 Å². The molecule has 0 saturated heterocycles. The topological polar surface area (TPSA) is 89.1 Å². The van der Waals surface area contributed by atoms with E-state index >= 15 is 0 Å². The molecule has 8 heteroatoms. The Labute approximate surface area is 194 Å². The van der Waals surface area contributed by atoms with Crippen LogP contribution >= 0.6 is 23.2 Å². The van der Waals surface area contributed by atoms with Crippen molar-refractivity contribution in [1.82, 2.24) is 10.2 Å². The van der Waals surface area contributed by atoms with Gasteiger partial charge in [-0.15, -0.1) is 0 Å². The van der Waals surface area contributed by atoms with Crippen molar-refractivity contribution in [3.63, 3.8) is 0 Å². The lowest BCUT2D eigenvalue weighted by atomic mass is 9.64. The van der Waals surface area contributed by atoms with Gasteiger partial charge in [0.1, 0.15) is 5.69 Å². The highest BCUT2D eigenvalue weighted by Crippen LogP contribution is 2.44. The van der Waals surface area contributed by atoms with Gasteiger partial charge in [0, 0.05) is 11.3 Å². The van der Waals surface area contributed by atoms with E-state index in [-0.39, 0.29) is 21.4 Å². The molecule has 1 N–H and O–H groups in total. The molecule has 0 amide bonds. The molecule has 1 aliphatic carbocycles. The third-order valence-corrected chi connectivity index (χ3v) is 6.44. The quantitative estimate of drug-likeness (QED) is 0.311. The molecular weight excluding hydrogens is 451 g/mol. The van der Waals surface area contributed by atoms with E-state index in [2.05, 4.69) is 10.2 Å². The van der Waals surface area contributed by atoms with Crippen molar-refractivity contribution in [3.05, 3.63) is 74.9 Å². The van der Waals surface area contributed by atoms with Crippen LogP contribution in [0.2, 0.25) is 10.0 Å². The van der Waals surface area contributed by atoms with Gasteiger partial charge in [-0.05, 0) is 36.1 Å². The summed E-state index contributed by atoms with van der Waals surface area (Å²) in [7, 11) is 1.31. The zero-order chi connectivity index (χ0) is 23.2. The third-order valence-electron chi connectivity index (χ3n) is 5.81. The molecule has 3 aromatic rings. The van der Waals surface area contributed by atoms with Crippen LogP contribution in [0.1, 0.15) is 50.6 Å². The summed E-state index contributed by atoms with van der Waals surface area (Å²) < 4.78 is 4.73. The second-order valence-corrected chi connectivity index (χ2v) is 9.23. The van der Waals surface area contributed by atoms with Crippen molar-refractivity contribution < 1.29 is 19.1 Å². The minimum Gasteiger partial charge on any atom is -0.465 e. The molecule has 164 valence electrons. The van der Waals surface area contributed by atoms with Crippen LogP contribution in [0, 0.1) is 11.3 Å². The van der Waals surface area contributed by atoms with Crippen LogP contribution < -0.4 is 0 Å². The van der Waals surface area contributed by atoms with Gasteiger partial charge in [0.2, 0.25) is 0 Å². The first-order valence-corrected chi connectivity index (χ1v) is 10.7. The highest BCUT2D eigenvalue weighted by Gasteiger charge is 2.48. The highest BCUT2D eigenvalue weighted by atomic mass is 35.5. The number of nitrogens with zero attached hydrogens (tertiary/aromatic N) is 1. The number of aromatic amines is 1. The van der Waals surface area contributed by atoms with Gasteiger partial charge >= 0.3 is 5.97 Å². The second kappa shape index (κ2) is 8.19. The number of rotatable bonds is 4. The Morgan fingerprint density at radius 1 is 1.09 bits per heavy atom. The van der Waals surface area contributed by atoms with Crippen molar-refractivity contribution in [2.75, 3.05) is 7.11 Å². The Morgan fingerprint density at radius 3 is 2.31 bits per heavy atom. The van der Waals surface area contributed by atoms with Crippen LogP contribution in [0.15, 0.2) is 42.5 Å². The van der Waals surface area contributed by atoms with E-state index < -0.39 is 23.1 Å². The number of ketones is 2.